The van der Waals surface area contributed by atoms with E-state index in [2.05, 4.69) is 24.3 Å². The Hall–Kier alpha value is -1.41. The van der Waals surface area contributed by atoms with Gasteiger partial charge in [-0.2, -0.15) is 0 Å². The van der Waals surface area contributed by atoms with Gasteiger partial charge in [-0.15, -0.1) is 0 Å². The van der Waals surface area contributed by atoms with E-state index in [1.807, 2.05) is 23.5 Å². The van der Waals surface area contributed by atoms with Gasteiger partial charge in [0.2, 0.25) is 21.1 Å². The second kappa shape index (κ2) is 4.46. The van der Waals surface area contributed by atoms with Crippen LogP contribution in [0, 0.1) is 0 Å². The molecule has 0 atom stereocenters. The highest BCUT2D eigenvalue weighted by atomic mass is 32.1. The summed E-state index contributed by atoms with van der Waals surface area (Å²) < 4.78 is 5.18. The van der Waals surface area contributed by atoms with Gasteiger partial charge in [-0.1, -0.05) is 0 Å². The predicted octanol–water partition coefficient (Wildman–Crippen LogP) is 4.19. The fraction of sp³-hybridized carbons (Fsp3) is 0.267. The molecule has 0 saturated heterocycles. The number of hydrogen-bond donors (Lipinski definition) is 0. The van der Waals surface area contributed by atoms with Crippen LogP contribution in [0.2, 0.25) is 0 Å². The van der Waals surface area contributed by atoms with Crippen LogP contribution in [0.15, 0.2) is 36.4 Å². The van der Waals surface area contributed by atoms with Gasteiger partial charge in [0.05, 0.1) is 7.11 Å². The van der Waals surface area contributed by atoms with Crippen molar-refractivity contribution < 1.29 is 4.74 Å². The fourth-order valence-corrected chi connectivity index (χ4v) is 3.49. The van der Waals surface area contributed by atoms with E-state index < -0.39 is 0 Å². The number of rotatable bonds is 2. The lowest BCUT2D eigenvalue weighted by molar-refractivity contribution is 0.415. The minimum absolute atomic E-state index is 0.917. The van der Waals surface area contributed by atoms with Crippen LogP contribution in [0.1, 0.15) is 16.9 Å². The van der Waals surface area contributed by atoms with Crippen molar-refractivity contribution in [3.8, 4) is 16.2 Å². The molecule has 1 aromatic heterocycles. The molecule has 17 heavy (non-hydrogen) atoms. The molecule has 1 heterocycles. The highest BCUT2D eigenvalue weighted by Gasteiger charge is 2.22. The summed E-state index contributed by atoms with van der Waals surface area (Å²) in [4.78, 5) is 2.92. The number of fused-ring (bicyclic) bond motifs is 1. The highest BCUT2D eigenvalue weighted by molar-refractivity contribution is 7.15. The summed E-state index contributed by atoms with van der Waals surface area (Å²) in [5, 5.41) is 0. The summed E-state index contributed by atoms with van der Waals surface area (Å²) in [5.41, 5.74) is 2.83. The first-order chi connectivity index (χ1) is 8.36. The van der Waals surface area contributed by atoms with Crippen molar-refractivity contribution in [3.63, 3.8) is 0 Å². The van der Waals surface area contributed by atoms with Gasteiger partial charge >= 0.3 is 0 Å². The van der Waals surface area contributed by atoms with Crippen LogP contribution in [-0.4, -0.2) is 7.11 Å². The largest absolute Gasteiger partial charge is 0.497 e. The molecule has 2 aromatic rings. The number of benzene rings is 1. The van der Waals surface area contributed by atoms with Gasteiger partial charge in [0.25, 0.3) is 0 Å². The zero-order valence-electron chi connectivity index (χ0n) is 9.90. The van der Waals surface area contributed by atoms with Crippen molar-refractivity contribution in [1.29, 1.82) is 0 Å². The van der Waals surface area contributed by atoms with Gasteiger partial charge in [-0.3, -0.25) is 0 Å². The van der Waals surface area contributed by atoms with E-state index in [0.29, 0.717) is 0 Å². The molecule has 1 aromatic carbocycles. The van der Waals surface area contributed by atoms with Crippen LogP contribution in [0.3, 0.4) is 0 Å². The second-order valence-corrected chi connectivity index (χ2v) is 5.47. The lowest BCUT2D eigenvalue weighted by Gasteiger charge is -1.99. The second-order valence-electron chi connectivity index (χ2n) is 4.33. The number of hydrogen-bond acceptors (Lipinski definition) is 1. The smallest absolute Gasteiger partial charge is 0.238 e. The summed E-state index contributed by atoms with van der Waals surface area (Å²) in [6, 6.07) is 12.8. The monoisotopic (exact) mass is 243 g/mol. The van der Waals surface area contributed by atoms with Crippen LogP contribution in [0.4, 0.5) is 0 Å². The highest BCUT2D eigenvalue weighted by Crippen LogP contribution is 2.33. The van der Waals surface area contributed by atoms with E-state index in [1.54, 1.807) is 17.6 Å². The van der Waals surface area contributed by atoms with Crippen molar-refractivity contribution in [1.82, 2.24) is 0 Å². The molecule has 0 amide bonds. The average Bonchev–Trinajstić information content (AvgIpc) is 2.86. The topological polar surface area (TPSA) is 9.23 Å². The van der Waals surface area contributed by atoms with Gasteiger partial charge in [0.15, 0.2) is 0 Å². The first-order valence-electron chi connectivity index (χ1n) is 5.96. The molecular weight excluding hydrogens is 228 g/mol. The zero-order valence-corrected chi connectivity index (χ0v) is 10.7. The first-order valence-corrected chi connectivity index (χ1v) is 6.78. The van der Waals surface area contributed by atoms with E-state index >= 15 is 0 Å². The quantitative estimate of drug-likeness (QED) is 0.718. The molecule has 1 aliphatic carbocycles. The van der Waals surface area contributed by atoms with Crippen LogP contribution >= 0.6 is 11.3 Å². The number of aryl methyl sites for hydroxylation is 2. The Morgan fingerprint density at radius 2 is 1.82 bits per heavy atom. The molecule has 1 aliphatic rings. The molecule has 0 spiro atoms. The third kappa shape index (κ3) is 2.05. The first kappa shape index (κ1) is 10.7. The Kier molecular flexibility index (Phi) is 2.81. The standard InChI is InChI=1S/C15H15OS/c1-16-13-8-5-12(6-9-13)15-10-7-11-3-2-4-14(11)17-15/h5-10H,2-4H2,1H3/q+1. The normalized spacial score (nSPS) is 13.5. The SMILES string of the molecule is COc1ccc(-c2ccc3c([s+]2)CCC3)cc1. The summed E-state index contributed by atoms with van der Waals surface area (Å²) in [6.07, 6.45) is 3.83. The Bertz CT molecular complexity index is 531. The lowest BCUT2D eigenvalue weighted by Crippen LogP contribution is -1.83. The molecule has 0 fully saturated rings. The third-order valence-electron chi connectivity index (χ3n) is 3.25. The van der Waals surface area contributed by atoms with Crippen molar-refractivity contribution in [2.45, 2.75) is 19.3 Å². The molecule has 0 aliphatic heterocycles. The molecule has 0 unspecified atom stereocenters. The molecule has 0 N–H and O–H groups in total. The maximum atomic E-state index is 5.18. The van der Waals surface area contributed by atoms with Crippen molar-refractivity contribution in [3.05, 3.63) is 46.8 Å². The van der Waals surface area contributed by atoms with Crippen molar-refractivity contribution in [2.24, 2.45) is 0 Å². The summed E-state index contributed by atoms with van der Waals surface area (Å²) in [5.74, 6) is 0.917. The minimum atomic E-state index is 0.917. The average molecular weight is 243 g/mol. The fourth-order valence-electron chi connectivity index (χ4n) is 2.29. The summed E-state index contributed by atoms with van der Waals surface area (Å²) in [6.45, 7) is 0. The van der Waals surface area contributed by atoms with Crippen molar-refractivity contribution in [2.75, 3.05) is 7.11 Å². The van der Waals surface area contributed by atoms with Crippen LogP contribution in [-0.2, 0) is 12.8 Å². The Labute approximate surface area is 106 Å². The summed E-state index contributed by atoms with van der Waals surface area (Å²) >= 11 is 1.94. The molecule has 2 heteroatoms. The molecule has 0 radical (unpaired) electrons. The van der Waals surface area contributed by atoms with Crippen LogP contribution < -0.4 is 4.74 Å². The maximum Gasteiger partial charge on any atom is 0.238 e. The molecule has 3 rings (SSSR count). The van der Waals surface area contributed by atoms with Gasteiger partial charge in [-0.25, -0.2) is 0 Å². The molecule has 86 valence electrons. The Morgan fingerprint density at radius 3 is 2.59 bits per heavy atom. The maximum absolute atomic E-state index is 5.18. The third-order valence-corrected chi connectivity index (χ3v) is 4.56. The number of ether oxygens (including phenoxy) is 1. The molecular formula is C15H15OS+. The van der Waals surface area contributed by atoms with Gasteiger partial charge in [-0.05, 0) is 43.2 Å². The van der Waals surface area contributed by atoms with Crippen molar-refractivity contribution >= 4 is 11.3 Å². The number of methoxy groups -OCH3 is 1. The summed E-state index contributed by atoms with van der Waals surface area (Å²) in [7, 11) is 1.70. The van der Waals surface area contributed by atoms with Crippen LogP contribution in [0.25, 0.3) is 10.4 Å². The van der Waals surface area contributed by atoms with E-state index in [0.717, 1.165) is 5.75 Å². The van der Waals surface area contributed by atoms with Gasteiger partial charge in [0, 0.05) is 23.6 Å². The van der Waals surface area contributed by atoms with Gasteiger partial charge in [0.1, 0.15) is 5.75 Å². The van der Waals surface area contributed by atoms with Gasteiger partial charge < -0.3 is 4.74 Å². The minimum Gasteiger partial charge on any atom is -0.497 e. The zero-order chi connectivity index (χ0) is 11.7. The predicted molar refractivity (Wildman–Crippen MR) is 72.7 cm³/mol. The molecule has 0 bridgehead atoms. The van der Waals surface area contributed by atoms with Crippen LogP contribution in [0.5, 0.6) is 5.75 Å². The van der Waals surface area contributed by atoms with E-state index in [1.165, 1.54) is 29.7 Å². The van der Waals surface area contributed by atoms with E-state index in [4.69, 9.17) is 4.74 Å². The van der Waals surface area contributed by atoms with E-state index in [-0.39, 0.29) is 0 Å². The lowest BCUT2D eigenvalue weighted by atomic mass is 10.1. The molecule has 1 nitrogen and oxygen atoms in total. The van der Waals surface area contributed by atoms with E-state index in [9.17, 15) is 0 Å². The Balaban J connectivity index is 1.97. The molecule has 0 saturated carbocycles. The Morgan fingerprint density at radius 1 is 1.00 bits per heavy atom.